The number of carboxylic acid groups (broad SMARTS) is 1. The fourth-order valence-corrected chi connectivity index (χ4v) is 3.17. The Hall–Kier alpha value is -2.34. The maximum atomic E-state index is 12.3. The fourth-order valence-electron chi connectivity index (χ4n) is 2.40. The highest BCUT2D eigenvalue weighted by atomic mass is 32.1. The van der Waals surface area contributed by atoms with Crippen LogP contribution in [0, 0.1) is 0 Å². The summed E-state index contributed by atoms with van der Waals surface area (Å²) >= 11 is 1.32. The van der Waals surface area contributed by atoms with Gasteiger partial charge in [-0.2, -0.15) is 0 Å². The van der Waals surface area contributed by atoms with Crippen LogP contribution in [0.1, 0.15) is 22.0 Å². The SMILES string of the molecule is O=C(O)C(NC(=O)N1Cc2ccccc2C1)c1cccs1. The van der Waals surface area contributed by atoms with E-state index in [1.54, 1.807) is 22.4 Å². The van der Waals surface area contributed by atoms with Gasteiger partial charge in [-0.15, -0.1) is 11.3 Å². The van der Waals surface area contributed by atoms with Gasteiger partial charge in [0.15, 0.2) is 6.04 Å². The van der Waals surface area contributed by atoms with E-state index in [0.717, 1.165) is 11.1 Å². The molecule has 5 nitrogen and oxygen atoms in total. The van der Waals surface area contributed by atoms with Gasteiger partial charge in [-0.3, -0.25) is 0 Å². The third-order valence-corrected chi connectivity index (χ3v) is 4.41. The Morgan fingerprint density at radius 2 is 1.81 bits per heavy atom. The molecule has 1 aromatic heterocycles. The van der Waals surface area contributed by atoms with Crippen LogP contribution >= 0.6 is 11.3 Å². The number of fused-ring (bicyclic) bond motifs is 1. The molecule has 1 aromatic carbocycles. The summed E-state index contributed by atoms with van der Waals surface area (Å²) in [6.45, 7) is 1.03. The van der Waals surface area contributed by atoms with Crippen molar-refractivity contribution < 1.29 is 14.7 Å². The van der Waals surface area contributed by atoms with E-state index in [-0.39, 0.29) is 6.03 Å². The molecular weight excluding hydrogens is 288 g/mol. The Morgan fingerprint density at radius 3 is 2.33 bits per heavy atom. The van der Waals surface area contributed by atoms with Gasteiger partial charge in [0.05, 0.1) is 0 Å². The van der Waals surface area contributed by atoms with Crippen molar-refractivity contribution in [3.63, 3.8) is 0 Å². The van der Waals surface area contributed by atoms with Gasteiger partial charge in [-0.1, -0.05) is 30.3 Å². The van der Waals surface area contributed by atoms with Crippen LogP contribution in [0.3, 0.4) is 0 Å². The number of hydrogen-bond acceptors (Lipinski definition) is 3. The number of hydrogen-bond donors (Lipinski definition) is 2. The van der Waals surface area contributed by atoms with E-state index in [9.17, 15) is 14.7 Å². The van der Waals surface area contributed by atoms with Gasteiger partial charge in [-0.05, 0) is 22.6 Å². The minimum absolute atomic E-state index is 0.355. The van der Waals surface area contributed by atoms with Crippen molar-refractivity contribution in [3.8, 4) is 0 Å². The molecule has 2 heterocycles. The van der Waals surface area contributed by atoms with Crippen LogP contribution in [0.15, 0.2) is 41.8 Å². The lowest BCUT2D eigenvalue weighted by Crippen LogP contribution is -2.41. The number of nitrogens with one attached hydrogen (secondary N) is 1. The molecule has 1 aliphatic heterocycles. The zero-order valence-electron chi connectivity index (χ0n) is 11.2. The first kappa shape index (κ1) is 13.6. The lowest BCUT2D eigenvalue weighted by atomic mass is 10.1. The number of carboxylic acids is 1. The number of carbonyl (C=O) groups excluding carboxylic acids is 1. The number of benzene rings is 1. The highest BCUT2D eigenvalue weighted by Gasteiger charge is 2.28. The molecule has 1 aliphatic rings. The highest BCUT2D eigenvalue weighted by Crippen LogP contribution is 2.24. The van der Waals surface area contributed by atoms with Crippen molar-refractivity contribution in [1.82, 2.24) is 10.2 Å². The molecule has 2 amide bonds. The summed E-state index contributed by atoms with van der Waals surface area (Å²) in [5.41, 5.74) is 2.21. The summed E-state index contributed by atoms with van der Waals surface area (Å²) in [6, 6.07) is 9.97. The number of nitrogens with zero attached hydrogens (tertiary/aromatic N) is 1. The smallest absolute Gasteiger partial charge is 0.331 e. The van der Waals surface area contributed by atoms with Crippen molar-refractivity contribution in [2.45, 2.75) is 19.1 Å². The van der Waals surface area contributed by atoms with Crippen LogP contribution in [-0.2, 0) is 17.9 Å². The third-order valence-electron chi connectivity index (χ3n) is 3.47. The Kier molecular flexibility index (Phi) is 3.62. The molecule has 1 atom stereocenters. The molecule has 6 heteroatoms. The molecule has 1 unspecified atom stereocenters. The molecule has 21 heavy (non-hydrogen) atoms. The average Bonchev–Trinajstić information content (AvgIpc) is 3.12. The molecule has 0 fully saturated rings. The summed E-state index contributed by atoms with van der Waals surface area (Å²) in [4.78, 5) is 25.9. The number of amides is 2. The van der Waals surface area contributed by atoms with E-state index < -0.39 is 12.0 Å². The second-order valence-corrected chi connectivity index (χ2v) is 5.84. The minimum Gasteiger partial charge on any atom is -0.479 e. The molecular formula is C15H14N2O3S. The van der Waals surface area contributed by atoms with Gasteiger partial charge in [0.2, 0.25) is 0 Å². The fraction of sp³-hybridized carbons (Fsp3) is 0.200. The van der Waals surface area contributed by atoms with Crippen LogP contribution < -0.4 is 5.32 Å². The molecule has 3 rings (SSSR count). The van der Waals surface area contributed by atoms with Crippen molar-refractivity contribution in [1.29, 1.82) is 0 Å². The quantitative estimate of drug-likeness (QED) is 0.915. The molecule has 0 spiro atoms. The molecule has 0 bridgehead atoms. The lowest BCUT2D eigenvalue weighted by Gasteiger charge is -2.20. The van der Waals surface area contributed by atoms with E-state index in [1.165, 1.54) is 11.3 Å². The predicted molar refractivity (Wildman–Crippen MR) is 78.9 cm³/mol. The molecule has 0 aliphatic carbocycles. The topological polar surface area (TPSA) is 69.6 Å². The van der Waals surface area contributed by atoms with Gasteiger partial charge in [0.25, 0.3) is 0 Å². The van der Waals surface area contributed by atoms with E-state index in [4.69, 9.17) is 0 Å². The Balaban J connectivity index is 1.71. The molecule has 0 saturated carbocycles. The number of rotatable bonds is 3. The molecule has 0 saturated heterocycles. The van der Waals surface area contributed by atoms with Crippen LogP contribution in [0.25, 0.3) is 0 Å². The van der Waals surface area contributed by atoms with Crippen molar-refractivity contribution >= 4 is 23.3 Å². The van der Waals surface area contributed by atoms with Gasteiger partial charge in [0.1, 0.15) is 0 Å². The normalized spacial score (nSPS) is 14.6. The summed E-state index contributed by atoms with van der Waals surface area (Å²) in [6.07, 6.45) is 0. The van der Waals surface area contributed by atoms with E-state index in [1.807, 2.05) is 24.3 Å². The predicted octanol–water partition coefficient (Wildman–Crippen LogP) is 2.60. The summed E-state index contributed by atoms with van der Waals surface area (Å²) in [7, 11) is 0. The third kappa shape index (κ3) is 2.75. The summed E-state index contributed by atoms with van der Waals surface area (Å²) in [5, 5.41) is 13.7. The van der Waals surface area contributed by atoms with Gasteiger partial charge in [0, 0.05) is 18.0 Å². The highest BCUT2D eigenvalue weighted by molar-refractivity contribution is 7.10. The van der Waals surface area contributed by atoms with Gasteiger partial charge < -0.3 is 15.3 Å². The Labute approximate surface area is 125 Å². The van der Waals surface area contributed by atoms with Crippen molar-refractivity contribution in [2.75, 3.05) is 0 Å². The van der Waals surface area contributed by atoms with Crippen LogP contribution in [0.4, 0.5) is 4.79 Å². The zero-order valence-corrected chi connectivity index (χ0v) is 12.0. The first-order valence-corrected chi connectivity index (χ1v) is 7.41. The zero-order chi connectivity index (χ0) is 14.8. The van der Waals surface area contributed by atoms with E-state index in [2.05, 4.69) is 5.32 Å². The van der Waals surface area contributed by atoms with Crippen LogP contribution in [0.2, 0.25) is 0 Å². The lowest BCUT2D eigenvalue weighted by molar-refractivity contribution is -0.139. The van der Waals surface area contributed by atoms with Gasteiger partial charge >= 0.3 is 12.0 Å². The van der Waals surface area contributed by atoms with E-state index in [0.29, 0.717) is 18.0 Å². The second kappa shape index (κ2) is 5.57. The molecule has 0 radical (unpaired) electrons. The molecule has 108 valence electrons. The van der Waals surface area contributed by atoms with E-state index >= 15 is 0 Å². The molecule has 2 aromatic rings. The number of aliphatic carboxylic acids is 1. The first-order valence-electron chi connectivity index (χ1n) is 6.53. The molecule has 2 N–H and O–H groups in total. The van der Waals surface area contributed by atoms with Gasteiger partial charge in [-0.25, -0.2) is 9.59 Å². The largest absolute Gasteiger partial charge is 0.479 e. The first-order chi connectivity index (χ1) is 10.1. The maximum absolute atomic E-state index is 12.3. The Morgan fingerprint density at radius 1 is 1.14 bits per heavy atom. The summed E-state index contributed by atoms with van der Waals surface area (Å²) < 4.78 is 0. The van der Waals surface area contributed by atoms with Crippen LogP contribution in [-0.4, -0.2) is 22.0 Å². The van der Waals surface area contributed by atoms with Crippen molar-refractivity contribution in [2.24, 2.45) is 0 Å². The Bertz CT molecular complexity index is 644. The minimum atomic E-state index is -1.05. The second-order valence-electron chi connectivity index (χ2n) is 4.86. The average molecular weight is 302 g/mol. The maximum Gasteiger partial charge on any atom is 0.331 e. The van der Waals surface area contributed by atoms with Crippen molar-refractivity contribution in [3.05, 3.63) is 57.8 Å². The number of urea groups is 1. The summed E-state index contributed by atoms with van der Waals surface area (Å²) in [5.74, 6) is -1.05. The number of carbonyl (C=O) groups is 2. The standard InChI is InChI=1S/C15H14N2O3S/c18-14(19)13(12-6-3-7-21-12)16-15(20)17-8-10-4-1-2-5-11(10)9-17/h1-7,13H,8-9H2,(H,16,20)(H,18,19). The monoisotopic (exact) mass is 302 g/mol. The number of thiophene rings is 1. The van der Waals surface area contributed by atoms with Crippen LogP contribution in [0.5, 0.6) is 0 Å².